The second-order valence-electron chi connectivity index (χ2n) is 6.37. The lowest BCUT2D eigenvalue weighted by Crippen LogP contribution is -2.23. The van der Waals surface area contributed by atoms with Crippen LogP contribution in [0.15, 0.2) is 42.5 Å². The second kappa shape index (κ2) is 7.70. The number of benzene rings is 2. The first-order chi connectivity index (χ1) is 13.1. The largest absolute Gasteiger partial charge is 0.496 e. The van der Waals surface area contributed by atoms with Gasteiger partial charge in [0.15, 0.2) is 0 Å². The highest BCUT2D eigenvalue weighted by molar-refractivity contribution is 6.08. The van der Waals surface area contributed by atoms with Crippen LogP contribution >= 0.6 is 0 Å². The van der Waals surface area contributed by atoms with Crippen molar-refractivity contribution >= 4 is 17.6 Å². The first kappa shape index (κ1) is 18.8. The Kier molecular flexibility index (Phi) is 5.35. The van der Waals surface area contributed by atoms with Crippen molar-refractivity contribution in [2.45, 2.75) is 25.2 Å². The highest BCUT2D eigenvalue weighted by Crippen LogP contribution is 2.49. The summed E-state index contributed by atoms with van der Waals surface area (Å²) in [5.41, 5.74) is 1.34. The molecule has 6 heteroatoms. The molecule has 2 aromatic carbocycles. The molecule has 2 aromatic rings. The molecule has 0 aliphatic heterocycles. The Morgan fingerprint density at radius 2 is 1.59 bits per heavy atom. The predicted molar refractivity (Wildman–Crippen MR) is 101 cm³/mol. The van der Waals surface area contributed by atoms with Crippen LogP contribution in [0.25, 0.3) is 0 Å². The molecule has 0 saturated heterocycles. The van der Waals surface area contributed by atoms with Gasteiger partial charge in [0, 0.05) is 5.69 Å². The summed E-state index contributed by atoms with van der Waals surface area (Å²) in [6.45, 7) is 2.17. The lowest BCUT2D eigenvalue weighted by Gasteiger charge is -2.15. The monoisotopic (exact) mass is 369 g/mol. The molecule has 0 radical (unpaired) electrons. The topological polar surface area (TPSA) is 73.9 Å². The van der Waals surface area contributed by atoms with Gasteiger partial charge < -0.3 is 19.5 Å². The van der Waals surface area contributed by atoms with Gasteiger partial charge in [0.2, 0.25) is 0 Å². The van der Waals surface area contributed by atoms with E-state index in [1.54, 1.807) is 37.3 Å². The Hall–Kier alpha value is -3.02. The SMILES string of the molecule is CCOC(=O)C1(c2ccc(NC(=O)c3c(OC)cccc3OC)cc2)CC1. The molecule has 27 heavy (non-hydrogen) atoms. The van der Waals surface area contributed by atoms with Gasteiger partial charge in [0.05, 0.1) is 26.2 Å². The summed E-state index contributed by atoms with van der Waals surface area (Å²) in [6.07, 6.45) is 1.58. The quantitative estimate of drug-likeness (QED) is 0.756. The summed E-state index contributed by atoms with van der Waals surface area (Å²) in [5, 5.41) is 2.85. The van der Waals surface area contributed by atoms with Gasteiger partial charge in [-0.25, -0.2) is 0 Å². The molecule has 6 nitrogen and oxygen atoms in total. The Labute approximate surface area is 158 Å². The Bertz CT molecular complexity index is 818. The van der Waals surface area contributed by atoms with E-state index in [0.29, 0.717) is 29.4 Å². The number of hydrogen-bond donors (Lipinski definition) is 1. The van der Waals surface area contributed by atoms with E-state index in [0.717, 1.165) is 18.4 Å². The molecule has 0 atom stereocenters. The lowest BCUT2D eigenvalue weighted by molar-refractivity contribution is -0.146. The number of rotatable bonds is 7. The number of hydrogen-bond acceptors (Lipinski definition) is 5. The third kappa shape index (κ3) is 3.60. The summed E-state index contributed by atoms with van der Waals surface area (Å²) in [7, 11) is 3.01. The van der Waals surface area contributed by atoms with E-state index >= 15 is 0 Å². The van der Waals surface area contributed by atoms with Gasteiger partial charge >= 0.3 is 5.97 Å². The van der Waals surface area contributed by atoms with Crippen LogP contribution < -0.4 is 14.8 Å². The minimum absolute atomic E-state index is 0.180. The Balaban J connectivity index is 1.78. The highest BCUT2D eigenvalue weighted by atomic mass is 16.5. The fourth-order valence-electron chi connectivity index (χ4n) is 3.15. The fraction of sp³-hybridized carbons (Fsp3) is 0.333. The molecule has 0 aromatic heterocycles. The van der Waals surface area contributed by atoms with Crippen LogP contribution in [0, 0.1) is 0 Å². The number of carbonyl (C=O) groups excluding carboxylic acids is 2. The molecule has 0 heterocycles. The minimum atomic E-state index is -0.523. The fourth-order valence-corrected chi connectivity index (χ4v) is 3.15. The van der Waals surface area contributed by atoms with Crippen LogP contribution in [0.2, 0.25) is 0 Å². The standard InChI is InChI=1S/C21H23NO5/c1-4-27-20(24)21(12-13-21)14-8-10-15(11-9-14)22-19(23)18-16(25-2)6-5-7-17(18)26-3/h5-11H,4,12-13H2,1-3H3,(H,22,23). The van der Waals surface area contributed by atoms with E-state index in [4.69, 9.17) is 14.2 Å². The second-order valence-corrected chi connectivity index (χ2v) is 6.37. The van der Waals surface area contributed by atoms with Crippen molar-refractivity contribution in [2.24, 2.45) is 0 Å². The molecule has 0 spiro atoms. The van der Waals surface area contributed by atoms with Crippen LogP contribution in [-0.2, 0) is 14.9 Å². The van der Waals surface area contributed by atoms with Crippen molar-refractivity contribution in [1.29, 1.82) is 0 Å². The molecule has 142 valence electrons. The number of amides is 1. The number of nitrogens with one attached hydrogen (secondary N) is 1. The van der Waals surface area contributed by atoms with Crippen LogP contribution in [-0.4, -0.2) is 32.7 Å². The first-order valence-corrected chi connectivity index (χ1v) is 8.86. The van der Waals surface area contributed by atoms with Crippen molar-refractivity contribution < 1.29 is 23.8 Å². The molecular weight excluding hydrogens is 346 g/mol. The van der Waals surface area contributed by atoms with Crippen LogP contribution in [0.1, 0.15) is 35.7 Å². The van der Waals surface area contributed by atoms with Crippen LogP contribution in [0.3, 0.4) is 0 Å². The van der Waals surface area contributed by atoms with Gasteiger partial charge in [-0.05, 0) is 49.6 Å². The van der Waals surface area contributed by atoms with Gasteiger partial charge in [-0.15, -0.1) is 0 Å². The summed E-state index contributed by atoms with van der Waals surface area (Å²) in [5.74, 6) is 0.356. The normalized spacial score (nSPS) is 14.2. The number of ether oxygens (including phenoxy) is 3. The van der Waals surface area contributed by atoms with E-state index in [-0.39, 0.29) is 11.9 Å². The zero-order chi connectivity index (χ0) is 19.4. The molecule has 3 rings (SSSR count). The molecule has 1 aliphatic carbocycles. The maximum absolute atomic E-state index is 12.7. The predicted octanol–water partition coefficient (Wildman–Crippen LogP) is 3.55. The molecule has 1 N–H and O–H groups in total. The third-order valence-electron chi connectivity index (χ3n) is 4.77. The van der Waals surface area contributed by atoms with Gasteiger partial charge in [0.25, 0.3) is 5.91 Å². The van der Waals surface area contributed by atoms with E-state index in [1.807, 2.05) is 12.1 Å². The average molecular weight is 369 g/mol. The average Bonchev–Trinajstić information content (AvgIpc) is 3.50. The molecule has 1 amide bonds. The maximum Gasteiger partial charge on any atom is 0.316 e. The van der Waals surface area contributed by atoms with E-state index in [9.17, 15) is 9.59 Å². The van der Waals surface area contributed by atoms with E-state index < -0.39 is 5.41 Å². The highest BCUT2D eigenvalue weighted by Gasteiger charge is 2.52. The van der Waals surface area contributed by atoms with E-state index in [2.05, 4.69) is 5.32 Å². The van der Waals surface area contributed by atoms with Crippen LogP contribution in [0.5, 0.6) is 11.5 Å². The number of methoxy groups -OCH3 is 2. The Morgan fingerprint density at radius 1 is 1.00 bits per heavy atom. The molecular formula is C21H23NO5. The minimum Gasteiger partial charge on any atom is -0.496 e. The summed E-state index contributed by atoms with van der Waals surface area (Å²) in [4.78, 5) is 24.9. The van der Waals surface area contributed by atoms with Crippen LogP contribution in [0.4, 0.5) is 5.69 Å². The van der Waals surface area contributed by atoms with Crippen molar-refractivity contribution in [3.63, 3.8) is 0 Å². The van der Waals surface area contributed by atoms with Crippen molar-refractivity contribution in [3.05, 3.63) is 53.6 Å². The van der Waals surface area contributed by atoms with Gasteiger partial charge in [-0.1, -0.05) is 18.2 Å². The molecule has 1 fully saturated rings. The van der Waals surface area contributed by atoms with Gasteiger partial charge in [-0.2, -0.15) is 0 Å². The molecule has 1 saturated carbocycles. The molecule has 1 aliphatic rings. The van der Waals surface area contributed by atoms with Gasteiger partial charge in [0.1, 0.15) is 17.1 Å². The maximum atomic E-state index is 12.7. The Morgan fingerprint density at radius 3 is 2.07 bits per heavy atom. The third-order valence-corrected chi connectivity index (χ3v) is 4.77. The number of carbonyl (C=O) groups is 2. The van der Waals surface area contributed by atoms with E-state index in [1.165, 1.54) is 14.2 Å². The zero-order valence-corrected chi connectivity index (χ0v) is 15.7. The van der Waals surface area contributed by atoms with Gasteiger partial charge in [-0.3, -0.25) is 9.59 Å². The molecule has 0 unspecified atom stereocenters. The zero-order valence-electron chi connectivity index (χ0n) is 15.7. The summed E-state index contributed by atoms with van der Waals surface area (Å²) < 4.78 is 15.7. The number of anilines is 1. The summed E-state index contributed by atoms with van der Waals surface area (Å²) >= 11 is 0. The number of esters is 1. The van der Waals surface area contributed by atoms with Crippen molar-refractivity contribution in [1.82, 2.24) is 0 Å². The smallest absolute Gasteiger partial charge is 0.316 e. The van der Waals surface area contributed by atoms with Crippen molar-refractivity contribution in [2.75, 3.05) is 26.1 Å². The molecule has 0 bridgehead atoms. The van der Waals surface area contributed by atoms with Crippen molar-refractivity contribution in [3.8, 4) is 11.5 Å². The lowest BCUT2D eigenvalue weighted by atomic mass is 9.96. The summed E-state index contributed by atoms with van der Waals surface area (Å²) in [6, 6.07) is 12.5. The first-order valence-electron chi connectivity index (χ1n) is 8.86.